The Morgan fingerprint density at radius 2 is 1.70 bits per heavy atom. The highest BCUT2D eigenvalue weighted by Crippen LogP contribution is 2.45. The van der Waals surface area contributed by atoms with E-state index in [0.717, 1.165) is 17.8 Å². The van der Waals surface area contributed by atoms with Crippen molar-refractivity contribution in [1.29, 1.82) is 0 Å². The molecule has 2 aliphatic carbocycles. The first kappa shape index (κ1) is 6.69. The average Bonchev–Trinajstić information content (AvgIpc) is 2.34. The van der Waals surface area contributed by atoms with E-state index in [1.165, 1.54) is 19.3 Å². The second kappa shape index (κ2) is 2.56. The summed E-state index contributed by atoms with van der Waals surface area (Å²) in [6.45, 7) is 2.45. The Hall–Kier alpha value is 0. The first-order chi connectivity index (χ1) is 4.88. The van der Waals surface area contributed by atoms with Gasteiger partial charge >= 0.3 is 0 Å². The van der Waals surface area contributed by atoms with Crippen molar-refractivity contribution < 1.29 is 0 Å². The summed E-state index contributed by atoms with van der Waals surface area (Å²) in [6, 6.07) is 0. The van der Waals surface area contributed by atoms with Gasteiger partial charge in [0.2, 0.25) is 0 Å². The Balaban J connectivity index is 2.01. The van der Waals surface area contributed by atoms with Crippen LogP contribution in [0.15, 0.2) is 0 Å². The van der Waals surface area contributed by atoms with Gasteiger partial charge in [-0.25, -0.2) is 0 Å². The minimum absolute atomic E-state index is 1.06. The summed E-state index contributed by atoms with van der Waals surface area (Å²) in [5, 5.41) is 0. The van der Waals surface area contributed by atoms with Crippen LogP contribution in [0, 0.1) is 17.8 Å². The molecule has 0 N–H and O–H groups in total. The van der Waals surface area contributed by atoms with E-state index in [-0.39, 0.29) is 0 Å². The minimum Gasteiger partial charge on any atom is -0.0622 e. The first-order valence-corrected chi connectivity index (χ1v) is 4.88. The molecular weight excluding hydrogens is 120 g/mol. The maximum atomic E-state index is 2.45. The van der Waals surface area contributed by atoms with E-state index < -0.39 is 0 Å². The summed E-state index contributed by atoms with van der Waals surface area (Å²) in [5.74, 6) is 3.34. The molecule has 2 fully saturated rings. The van der Waals surface area contributed by atoms with Crippen LogP contribution in [0.5, 0.6) is 0 Å². The topological polar surface area (TPSA) is 0 Å². The third-order valence-corrected chi connectivity index (χ3v) is 3.69. The van der Waals surface area contributed by atoms with Crippen LogP contribution in [0.1, 0.15) is 45.4 Å². The fourth-order valence-electron chi connectivity index (χ4n) is 3.03. The van der Waals surface area contributed by atoms with Crippen LogP contribution in [0.4, 0.5) is 0 Å². The molecule has 2 aliphatic rings. The third kappa shape index (κ3) is 0.980. The minimum atomic E-state index is 1.06. The van der Waals surface area contributed by atoms with Crippen molar-refractivity contribution in [1.82, 2.24) is 0 Å². The summed E-state index contributed by atoms with van der Waals surface area (Å²) in [6.07, 6.45) is 9.21. The first-order valence-electron chi connectivity index (χ1n) is 4.88. The van der Waals surface area contributed by atoms with Crippen molar-refractivity contribution in [3.63, 3.8) is 0 Å². The molecule has 0 heteroatoms. The van der Waals surface area contributed by atoms with E-state index in [2.05, 4.69) is 6.92 Å². The molecule has 0 amide bonds. The Kier molecular flexibility index (Phi) is 1.71. The van der Waals surface area contributed by atoms with Gasteiger partial charge in [-0.1, -0.05) is 32.6 Å². The maximum Gasteiger partial charge on any atom is -0.0360 e. The lowest BCUT2D eigenvalue weighted by molar-refractivity contribution is 0.238. The van der Waals surface area contributed by atoms with Crippen molar-refractivity contribution in [3.8, 4) is 0 Å². The van der Waals surface area contributed by atoms with Gasteiger partial charge < -0.3 is 0 Å². The molecular formula is C10H18. The van der Waals surface area contributed by atoms with E-state index in [0.29, 0.717) is 0 Å². The highest BCUT2D eigenvalue weighted by molar-refractivity contribution is 4.85. The Bertz CT molecular complexity index is 115. The molecule has 2 unspecified atom stereocenters. The molecule has 10 heavy (non-hydrogen) atoms. The van der Waals surface area contributed by atoms with Gasteiger partial charge in [0, 0.05) is 0 Å². The molecule has 0 saturated heterocycles. The van der Waals surface area contributed by atoms with E-state index in [1.54, 1.807) is 19.3 Å². The van der Waals surface area contributed by atoms with Gasteiger partial charge in [0.1, 0.15) is 0 Å². The standard InChI is InChI=1S/C10H18/c1-8-6-7-9-4-2-3-5-10(8)9/h8-10H,2-7H2,1H3/t8-,9?,10?/m0/s1. The predicted molar refractivity (Wildman–Crippen MR) is 43.8 cm³/mol. The summed E-state index contributed by atoms with van der Waals surface area (Å²) >= 11 is 0. The fraction of sp³-hybridized carbons (Fsp3) is 1.00. The largest absolute Gasteiger partial charge is 0.0622 e. The molecule has 0 radical (unpaired) electrons. The lowest BCUT2D eigenvalue weighted by Crippen LogP contribution is -2.17. The summed E-state index contributed by atoms with van der Waals surface area (Å²) in [5.41, 5.74) is 0. The van der Waals surface area contributed by atoms with Crippen LogP contribution in [0.25, 0.3) is 0 Å². The number of rotatable bonds is 0. The molecule has 0 aromatic heterocycles. The molecule has 0 aliphatic heterocycles. The summed E-state index contributed by atoms with van der Waals surface area (Å²) in [4.78, 5) is 0. The zero-order valence-electron chi connectivity index (χ0n) is 6.97. The Morgan fingerprint density at radius 1 is 0.900 bits per heavy atom. The number of hydrogen-bond donors (Lipinski definition) is 0. The molecule has 2 rings (SSSR count). The van der Waals surface area contributed by atoms with Crippen molar-refractivity contribution >= 4 is 0 Å². The van der Waals surface area contributed by atoms with E-state index in [1.807, 2.05) is 0 Å². The van der Waals surface area contributed by atoms with Crippen molar-refractivity contribution in [2.75, 3.05) is 0 Å². The lowest BCUT2D eigenvalue weighted by Gasteiger charge is -2.27. The van der Waals surface area contributed by atoms with Gasteiger partial charge in [-0.2, -0.15) is 0 Å². The predicted octanol–water partition coefficient (Wildman–Crippen LogP) is 3.22. The smallest absolute Gasteiger partial charge is 0.0360 e. The van der Waals surface area contributed by atoms with Crippen molar-refractivity contribution in [3.05, 3.63) is 0 Å². The number of hydrogen-bond acceptors (Lipinski definition) is 0. The molecule has 0 nitrogen and oxygen atoms in total. The van der Waals surface area contributed by atoms with Crippen molar-refractivity contribution in [2.45, 2.75) is 45.4 Å². The monoisotopic (exact) mass is 138 g/mol. The molecule has 58 valence electrons. The second-order valence-electron chi connectivity index (χ2n) is 4.26. The summed E-state index contributed by atoms with van der Waals surface area (Å²) in [7, 11) is 0. The van der Waals surface area contributed by atoms with E-state index in [9.17, 15) is 0 Å². The van der Waals surface area contributed by atoms with Gasteiger partial charge in [0.15, 0.2) is 0 Å². The van der Waals surface area contributed by atoms with Crippen LogP contribution < -0.4 is 0 Å². The average molecular weight is 138 g/mol. The maximum absolute atomic E-state index is 2.45. The van der Waals surface area contributed by atoms with Gasteiger partial charge in [-0.3, -0.25) is 0 Å². The van der Waals surface area contributed by atoms with Crippen LogP contribution in [-0.4, -0.2) is 0 Å². The normalized spacial score (nSPS) is 47.1. The van der Waals surface area contributed by atoms with Gasteiger partial charge in [0.05, 0.1) is 0 Å². The van der Waals surface area contributed by atoms with Gasteiger partial charge in [-0.05, 0) is 30.6 Å². The molecule has 0 aromatic rings. The lowest BCUT2D eigenvalue weighted by atomic mass is 9.79. The van der Waals surface area contributed by atoms with Gasteiger partial charge in [0.25, 0.3) is 0 Å². The second-order valence-corrected chi connectivity index (χ2v) is 4.26. The molecule has 0 heterocycles. The molecule has 0 aromatic carbocycles. The van der Waals surface area contributed by atoms with Crippen molar-refractivity contribution in [2.24, 2.45) is 17.8 Å². The fourth-order valence-corrected chi connectivity index (χ4v) is 3.03. The number of fused-ring (bicyclic) bond motifs is 1. The van der Waals surface area contributed by atoms with Crippen LogP contribution >= 0.6 is 0 Å². The van der Waals surface area contributed by atoms with Gasteiger partial charge in [-0.15, -0.1) is 0 Å². The molecule has 0 spiro atoms. The molecule has 3 atom stereocenters. The summed E-state index contributed by atoms with van der Waals surface area (Å²) < 4.78 is 0. The zero-order chi connectivity index (χ0) is 6.97. The SMILES string of the molecule is C[C@H]1CCC2CCCCC21. The highest BCUT2D eigenvalue weighted by atomic mass is 14.4. The van der Waals surface area contributed by atoms with E-state index >= 15 is 0 Å². The molecule has 0 bridgehead atoms. The van der Waals surface area contributed by atoms with Crippen LogP contribution in [0.2, 0.25) is 0 Å². The van der Waals surface area contributed by atoms with E-state index in [4.69, 9.17) is 0 Å². The highest BCUT2D eigenvalue weighted by Gasteiger charge is 2.34. The quantitative estimate of drug-likeness (QED) is 0.482. The van der Waals surface area contributed by atoms with Crippen LogP contribution in [-0.2, 0) is 0 Å². The molecule has 2 saturated carbocycles. The Morgan fingerprint density at radius 3 is 2.50 bits per heavy atom. The Labute approximate surface area is 64.0 Å². The third-order valence-electron chi connectivity index (χ3n) is 3.69. The zero-order valence-corrected chi connectivity index (χ0v) is 6.97. The van der Waals surface area contributed by atoms with Crippen LogP contribution in [0.3, 0.4) is 0 Å².